The number of hydrogen-bond donors (Lipinski definition) is 0. The second-order valence-corrected chi connectivity index (χ2v) is 11.3. The summed E-state index contributed by atoms with van der Waals surface area (Å²) in [5.74, 6) is 2.21. The van der Waals surface area contributed by atoms with E-state index in [1.807, 2.05) is 24.3 Å². The first-order valence-electron chi connectivity index (χ1n) is 12.1. The topological polar surface area (TPSA) is 53.3 Å². The van der Waals surface area contributed by atoms with Gasteiger partial charge in [0.05, 0.1) is 18.4 Å². The van der Waals surface area contributed by atoms with E-state index in [0.717, 1.165) is 55.0 Å². The number of hydrogen-bond acceptors (Lipinski definition) is 6. The number of alkyl halides is 1. The summed E-state index contributed by atoms with van der Waals surface area (Å²) < 4.78 is 30.3. The van der Waals surface area contributed by atoms with Crippen molar-refractivity contribution in [2.75, 3.05) is 42.5 Å². The summed E-state index contributed by atoms with van der Waals surface area (Å²) in [6.45, 7) is 6.88. The molecule has 0 unspecified atom stereocenters. The lowest BCUT2D eigenvalue weighted by Crippen LogP contribution is -2.73. The predicted octanol–water partition coefficient (Wildman–Crippen LogP) is 3.91. The van der Waals surface area contributed by atoms with Crippen LogP contribution in [0.5, 0.6) is 0 Å². The van der Waals surface area contributed by atoms with Gasteiger partial charge in [-0.1, -0.05) is 11.6 Å². The van der Waals surface area contributed by atoms with E-state index in [9.17, 15) is 8.78 Å². The number of rotatable bonds is 4. The Kier molecular flexibility index (Phi) is 4.52. The minimum Gasteiger partial charge on any atom is -0.355 e. The summed E-state index contributed by atoms with van der Waals surface area (Å²) in [7, 11) is 0. The van der Waals surface area contributed by atoms with Gasteiger partial charge in [0.1, 0.15) is 17.3 Å². The van der Waals surface area contributed by atoms with E-state index >= 15 is 0 Å². The zero-order chi connectivity index (χ0) is 23.9. The van der Waals surface area contributed by atoms with Crippen molar-refractivity contribution < 1.29 is 8.78 Å². The molecule has 3 aromatic rings. The summed E-state index contributed by atoms with van der Waals surface area (Å²) in [5, 5.41) is 9.77. The third-order valence-corrected chi connectivity index (χ3v) is 8.03. The number of benzene rings is 1. The van der Waals surface area contributed by atoms with Gasteiger partial charge in [0.25, 0.3) is 0 Å². The van der Waals surface area contributed by atoms with Gasteiger partial charge in [-0.05, 0) is 55.2 Å². The zero-order valence-electron chi connectivity index (χ0n) is 19.5. The van der Waals surface area contributed by atoms with Crippen molar-refractivity contribution in [1.29, 1.82) is 0 Å². The number of nitrogens with zero attached hydrogens (tertiary/aromatic N) is 7. The van der Waals surface area contributed by atoms with Gasteiger partial charge < -0.3 is 9.80 Å². The van der Waals surface area contributed by atoms with Crippen LogP contribution in [0.4, 0.5) is 20.5 Å². The maximum absolute atomic E-state index is 14.6. The van der Waals surface area contributed by atoms with Crippen molar-refractivity contribution in [3.05, 3.63) is 58.3 Å². The van der Waals surface area contributed by atoms with Crippen LogP contribution in [-0.4, -0.2) is 63.0 Å². The molecule has 5 heterocycles. The van der Waals surface area contributed by atoms with E-state index in [2.05, 4.69) is 34.4 Å². The van der Waals surface area contributed by atoms with Crippen LogP contribution in [0.15, 0.2) is 30.5 Å². The van der Waals surface area contributed by atoms with E-state index in [1.165, 1.54) is 6.20 Å². The Morgan fingerprint density at radius 1 is 1.03 bits per heavy atom. The average Bonchev–Trinajstić information content (AvgIpc) is 3.39. The Bertz CT molecular complexity index is 1320. The summed E-state index contributed by atoms with van der Waals surface area (Å²) in [5.41, 5.74) is 1.80. The molecule has 0 atom stereocenters. The van der Waals surface area contributed by atoms with Gasteiger partial charge in [0.15, 0.2) is 5.82 Å². The first-order valence-corrected chi connectivity index (χ1v) is 12.4. The number of aromatic nitrogens is 4. The van der Waals surface area contributed by atoms with Crippen LogP contribution in [0.25, 0.3) is 5.69 Å². The van der Waals surface area contributed by atoms with Crippen molar-refractivity contribution in [2.24, 2.45) is 5.41 Å². The fourth-order valence-electron chi connectivity index (χ4n) is 5.79. The lowest BCUT2D eigenvalue weighted by atomic mass is 9.73. The number of halogens is 3. The molecule has 7 nitrogen and oxygen atoms in total. The normalized spacial score (nSPS) is 21.7. The number of pyridine rings is 1. The van der Waals surface area contributed by atoms with Crippen LogP contribution in [0.1, 0.15) is 29.8 Å². The molecule has 3 fully saturated rings. The first-order chi connectivity index (χ1) is 16.8. The second-order valence-electron chi connectivity index (χ2n) is 10.8. The highest BCUT2D eigenvalue weighted by molar-refractivity contribution is 6.30. The van der Waals surface area contributed by atoms with E-state index in [-0.39, 0.29) is 11.2 Å². The van der Waals surface area contributed by atoms with Crippen LogP contribution < -0.4 is 9.80 Å². The molecule has 35 heavy (non-hydrogen) atoms. The molecule has 1 saturated carbocycles. The third kappa shape index (κ3) is 3.59. The van der Waals surface area contributed by atoms with Gasteiger partial charge in [-0.25, -0.2) is 13.8 Å². The highest BCUT2D eigenvalue weighted by atomic mass is 35.5. The molecule has 10 heteroatoms. The van der Waals surface area contributed by atoms with Crippen LogP contribution in [0.2, 0.25) is 5.02 Å². The van der Waals surface area contributed by atoms with E-state index in [0.29, 0.717) is 43.1 Å². The molecule has 2 saturated heterocycles. The van der Waals surface area contributed by atoms with Gasteiger partial charge in [0.2, 0.25) is 5.95 Å². The number of aryl methyl sites for hydroxylation is 1. The van der Waals surface area contributed by atoms with E-state index < -0.39 is 5.67 Å². The molecule has 3 aliphatic heterocycles. The van der Waals surface area contributed by atoms with Gasteiger partial charge in [-0.15, -0.1) is 10.2 Å². The third-order valence-electron chi connectivity index (χ3n) is 7.80. The highest BCUT2D eigenvalue weighted by Crippen LogP contribution is 2.45. The molecule has 0 N–H and O–H groups in total. The Morgan fingerprint density at radius 2 is 1.80 bits per heavy atom. The van der Waals surface area contributed by atoms with Crippen molar-refractivity contribution in [2.45, 2.75) is 38.5 Å². The molecule has 2 aromatic heterocycles. The lowest BCUT2D eigenvalue weighted by molar-refractivity contribution is 0.153. The fourth-order valence-corrected chi connectivity index (χ4v) is 5.99. The Hall–Kier alpha value is -2.78. The maximum atomic E-state index is 14.6. The first kappa shape index (κ1) is 21.5. The van der Waals surface area contributed by atoms with Gasteiger partial charge in [-0.2, -0.15) is 0 Å². The molecular formula is C25H26ClF2N7. The molecule has 1 spiro atoms. The summed E-state index contributed by atoms with van der Waals surface area (Å²) >= 11 is 6.34. The monoisotopic (exact) mass is 497 g/mol. The Balaban J connectivity index is 1.12. The molecule has 182 valence electrons. The van der Waals surface area contributed by atoms with Gasteiger partial charge >= 0.3 is 0 Å². The van der Waals surface area contributed by atoms with Crippen LogP contribution in [0.3, 0.4) is 0 Å². The molecule has 0 bridgehead atoms. The maximum Gasteiger partial charge on any atom is 0.231 e. The van der Waals surface area contributed by atoms with E-state index in [4.69, 9.17) is 11.6 Å². The van der Waals surface area contributed by atoms with Crippen LogP contribution in [0, 0.1) is 18.2 Å². The molecular weight excluding hydrogens is 472 g/mol. The predicted molar refractivity (Wildman–Crippen MR) is 129 cm³/mol. The van der Waals surface area contributed by atoms with Crippen LogP contribution in [-0.2, 0) is 13.1 Å². The quantitative estimate of drug-likeness (QED) is 0.545. The SMILES string of the molecule is Cc1cc(N2CC3(C2)CN(c2nnc4n2-c2ccc(Cl)cc2CN(CC2(F)CC2)C4)C3)ncc1F. The van der Waals surface area contributed by atoms with Crippen molar-refractivity contribution in [3.63, 3.8) is 0 Å². The number of fused-ring (bicyclic) bond motifs is 3. The molecule has 0 radical (unpaired) electrons. The minimum atomic E-state index is -1.07. The van der Waals surface area contributed by atoms with Gasteiger partial charge in [-0.3, -0.25) is 9.47 Å². The Labute approximate surface area is 207 Å². The molecule has 1 aromatic carbocycles. The largest absolute Gasteiger partial charge is 0.355 e. The molecule has 1 aliphatic carbocycles. The highest BCUT2D eigenvalue weighted by Gasteiger charge is 2.53. The molecule has 0 amide bonds. The van der Waals surface area contributed by atoms with Crippen LogP contribution >= 0.6 is 11.6 Å². The molecule has 4 aliphatic rings. The average molecular weight is 498 g/mol. The summed E-state index contributed by atoms with van der Waals surface area (Å²) in [6, 6.07) is 7.69. The van der Waals surface area contributed by atoms with Crippen molar-refractivity contribution >= 4 is 23.4 Å². The number of anilines is 2. The summed E-state index contributed by atoms with van der Waals surface area (Å²) in [4.78, 5) is 10.9. The molecule has 7 rings (SSSR count). The van der Waals surface area contributed by atoms with Crippen molar-refractivity contribution in [1.82, 2.24) is 24.6 Å². The van der Waals surface area contributed by atoms with Crippen molar-refractivity contribution in [3.8, 4) is 5.69 Å². The standard InChI is InChI=1S/C25H26ClF2N7/c1-16-6-21(29-8-19(16)27)33-11-24(12-33)13-34(14-24)23-31-30-22-10-32(15-25(28)4-5-25)9-17-7-18(26)2-3-20(17)35(22)23/h2-3,6-8H,4-5,9-15H2,1H3. The fraction of sp³-hybridized carbons (Fsp3) is 0.480. The van der Waals surface area contributed by atoms with Gasteiger partial charge in [0, 0.05) is 49.7 Å². The lowest BCUT2D eigenvalue weighted by Gasteiger charge is -2.60. The van der Waals surface area contributed by atoms with E-state index in [1.54, 1.807) is 6.92 Å². The smallest absolute Gasteiger partial charge is 0.231 e. The Morgan fingerprint density at radius 3 is 2.54 bits per heavy atom. The summed E-state index contributed by atoms with van der Waals surface area (Å²) in [6.07, 6.45) is 2.56. The zero-order valence-corrected chi connectivity index (χ0v) is 20.3. The minimum absolute atomic E-state index is 0.183. The second kappa shape index (κ2) is 7.36.